The third-order valence-corrected chi connectivity index (χ3v) is 9.09. The Balaban J connectivity index is 1.63. The number of carbonyl (C=O) groups is 1. The van der Waals surface area contributed by atoms with Crippen LogP contribution in [0.4, 0.5) is 4.39 Å². The highest BCUT2D eigenvalue weighted by atomic mass is 19.1. The number of carbonyl (C=O) groups excluding carboxylic acids is 1. The smallest absolute Gasteiger partial charge is 0.262 e. The Morgan fingerprint density at radius 3 is 2.55 bits per heavy atom. The number of halogens is 1. The van der Waals surface area contributed by atoms with E-state index >= 15 is 4.39 Å². The lowest BCUT2D eigenvalue weighted by molar-refractivity contribution is -0.141. The summed E-state index contributed by atoms with van der Waals surface area (Å²) in [6, 6.07) is 7.80. The van der Waals surface area contributed by atoms with Gasteiger partial charge in [-0.3, -0.25) is 9.69 Å². The summed E-state index contributed by atoms with van der Waals surface area (Å²) in [6.45, 7) is 7.36. The minimum absolute atomic E-state index is 0.0945. The van der Waals surface area contributed by atoms with Crippen LogP contribution in [0.5, 0.6) is 0 Å². The quantitative estimate of drug-likeness (QED) is 0.741. The summed E-state index contributed by atoms with van der Waals surface area (Å²) in [5.41, 5.74) is 5.59. The summed E-state index contributed by atoms with van der Waals surface area (Å²) >= 11 is 0. The molecule has 1 aromatic rings. The standard InChI is InChI=1S/C26H33FN4O2/c1-16-11-24(12-17(2)18(16)3)13-20-5-4-19(14-28)10-21(20)26(24)22(32)31(23(29)30-26)15-25(27)6-8-33-9-7-25/h4-5,10,16-18H,6-9,11-13,15H2,1-3H3,(H2,29,30)/t16-,17+,18+,24+,26-/m1/s1. The number of benzene rings is 1. The van der Waals surface area contributed by atoms with E-state index in [0.717, 1.165) is 30.4 Å². The first-order chi connectivity index (χ1) is 15.6. The van der Waals surface area contributed by atoms with Crippen molar-refractivity contribution in [3.05, 3.63) is 34.9 Å². The second kappa shape index (κ2) is 7.53. The molecule has 1 amide bonds. The number of rotatable bonds is 2. The number of alkyl halides is 1. The molecule has 7 heteroatoms. The van der Waals surface area contributed by atoms with Crippen molar-refractivity contribution in [2.75, 3.05) is 19.8 Å². The first kappa shape index (κ1) is 22.3. The normalized spacial score (nSPS) is 37.3. The number of aliphatic imine (C=N–C) groups is 1. The van der Waals surface area contributed by atoms with Crippen molar-refractivity contribution in [3.8, 4) is 6.07 Å². The maximum absolute atomic E-state index is 15.6. The predicted octanol–water partition coefficient (Wildman–Crippen LogP) is 3.67. The van der Waals surface area contributed by atoms with Crippen LogP contribution in [0, 0.1) is 34.5 Å². The van der Waals surface area contributed by atoms with Crippen LogP contribution < -0.4 is 5.73 Å². The Morgan fingerprint density at radius 2 is 1.91 bits per heavy atom. The summed E-state index contributed by atoms with van der Waals surface area (Å²) in [4.78, 5) is 20.7. The van der Waals surface area contributed by atoms with Gasteiger partial charge in [0.1, 0.15) is 5.67 Å². The molecule has 0 radical (unpaired) electrons. The number of ether oxygens (including phenoxy) is 1. The van der Waals surface area contributed by atoms with Gasteiger partial charge in [0, 0.05) is 31.5 Å². The maximum Gasteiger partial charge on any atom is 0.262 e. The van der Waals surface area contributed by atoms with Crippen LogP contribution in [-0.2, 0) is 21.5 Å². The lowest BCUT2D eigenvalue weighted by Gasteiger charge is -2.50. The Bertz CT molecular complexity index is 1040. The van der Waals surface area contributed by atoms with E-state index in [1.54, 1.807) is 0 Å². The number of nitriles is 1. The second-order valence-electron chi connectivity index (χ2n) is 11.0. The van der Waals surface area contributed by atoms with Crippen molar-refractivity contribution < 1.29 is 13.9 Å². The molecule has 2 fully saturated rings. The van der Waals surface area contributed by atoms with Gasteiger partial charge in [-0.25, -0.2) is 9.38 Å². The van der Waals surface area contributed by atoms with E-state index < -0.39 is 16.6 Å². The molecule has 6 nitrogen and oxygen atoms in total. The maximum atomic E-state index is 15.6. The second-order valence-corrected chi connectivity index (χ2v) is 11.0. The number of hydrogen-bond acceptors (Lipinski definition) is 5. The largest absolute Gasteiger partial charge is 0.381 e. The molecule has 0 unspecified atom stereocenters. The molecule has 0 bridgehead atoms. The van der Waals surface area contributed by atoms with Crippen molar-refractivity contribution in [3.63, 3.8) is 0 Å². The Hall–Kier alpha value is -2.46. The summed E-state index contributed by atoms with van der Waals surface area (Å²) in [6.07, 6.45) is 2.90. The molecule has 2 N–H and O–H groups in total. The van der Waals surface area contributed by atoms with E-state index in [0.29, 0.717) is 36.5 Å². The van der Waals surface area contributed by atoms with Gasteiger partial charge < -0.3 is 10.5 Å². The Morgan fingerprint density at radius 1 is 1.24 bits per heavy atom. The first-order valence-corrected chi connectivity index (χ1v) is 12.1. The number of nitrogens with zero attached hydrogens (tertiary/aromatic N) is 3. The molecule has 1 aromatic carbocycles. The molecule has 2 aliphatic carbocycles. The monoisotopic (exact) mass is 452 g/mol. The van der Waals surface area contributed by atoms with Gasteiger partial charge in [-0.05, 0) is 60.3 Å². The van der Waals surface area contributed by atoms with E-state index in [1.807, 2.05) is 18.2 Å². The molecule has 1 saturated heterocycles. The molecule has 33 heavy (non-hydrogen) atoms. The molecule has 0 aromatic heterocycles. The van der Waals surface area contributed by atoms with Gasteiger partial charge in [0.05, 0.1) is 18.2 Å². The van der Waals surface area contributed by atoms with Gasteiger partial charge in [0.25, 0.3) is 5.91 Å². The summed E-state index contributed by atoms with van der Waals surface area (Å²) in [7, 11) is 0. The summed E-state index contributed by atoms with van der Waals surface area (Å²) in [5, 5.41) is 9.57. The van der Waals surface area contributed by atoms with Crippen LogP contribution in [0.25, 0.3) is 0 Å². The van der Waals surface area contributed by atoms with Crippen molar-refractivity contribution in [2.24, 2.45) is 33.9 Å². The third kappa shape index (κ3) is 3.13. The summed E-state index contributed by atoms with van der Waals surface area (Å²) < 4.78 is 21.0. The SMILES string of the molecule is C[C@H]1[C@H](C)C[C@@]2(Cc3ccc(C#N)cc3[C@]23N=C(N)N(CC2(F)CCOCC2)C3=O)C[C@@H]1C. The zero-order valence-corrected chi connectivity index (χ0v) is 19.7. The number of fused-ring (bicyclic) bond motifs is 3. The van der Waals surface area contributed by atoms with Crippen molar-refractivity contribution >= 4 is 11.9 Å². The van der Waals surface area contributed by atoms with Crippen LogP contribution in [0.2, 0.25) is 0 Å². The van der Waals surface area contributed by atoms with Crippen LogP contribution in [-0.4, -0.2) is 42.2 Å². The van der Waals surface area contributed by atoms with Gasteiger partial charge in [0.2, 0.25) is 0 Å². The van der Waals surface area contributed by atoms with Crippen LogP contribution in [0.3, 0.4) is 0 Å². The summed E-state index contributed by atoms with van der Waals surface area (Å²) in [5.74, 6) is 1.23. The molecule has 2 aliphatic heterocycles. The van der Waals surface area contributed by atoms with Crippen LogP contribution in [0.15, 0.2) is 23.2 Å². The zero-order valence-electron chi connectivity index (χ0n) is 19.7. The number of guanidine groups is 1. The minimum atomic E-state index is -1.54. The molecule has 1 saturated carbocycles. The highest BCUT2D eigenvalue weighted by Gasteiger charge is 2.68. The van der Waals surface area contributed by atoms with Gasteiger partial charge in [-0.1, -0.05) is 26.8 Å². The molecule has 2 spiro atoms. The van der Waals surface area contributed by atoms with Gasteiger partial charge in [-0.15, -0.1) is 0 Å². The number of nitrogens with two attached hydrogens (primary N) is 1. The third-order valence-electron chi connectivity index (χ3n) is 9.09. The van der Waals surface area contributed by atoms with Gasteiger partial charge >= 0.3 is 0 Å². The average Bonchev–Trinajstić information content (AvgIpc) is 3.18. The highest BCUT2D eigenvalue weighted by molar-refractivity contribution is 6.08. The Labute approximate surface area is 195 Å². The lowest BCUT2D eigenvalue weighted by Crippen LogP contribution is -2.56. The molecule has 176 valence electrons. The van der Waals surface area contributed by atoms with Crippen molar-refractivity contribution in [1.82, 2.24) is 4.90 Å². The van der Waals surface area contributed by atoms with E-state index in [9.17, 15) is 10.1 Å². The van der Waals surface area contributed by atoms with Crippen LogP contribution >= 0.6 is 0 Å². The first-order valence-electron chi connectivity index (χ1n) is 12.1. The van der Waals surface area contributed by atoms with Gasteiger partial charge in [-0.2, -0.15) is 5.26 Å². The average molecular weight is 453 g/mol. The zero-order chi connectivity index (χ0) is 23.6. The molecule has 4 aliphatic rings. The topological polar surface area (TPSA) is 91.7 Å². The molecular formula is C26H33FN4O2. The van der Waals surface area contributed by atoms with E-state index in [4.69, 9.17) is 15.5 Å². The lowest BCUT2D eigenvalue weighted by atomic mass is 9.55. The van der Waals surface area contributed by atoms with Crippen molar-refractivity contribution in [1.29, 1.82) is 5.26 Å². The molecule has 2 heterocycles. The number of hydrogen-bond donors (Lipinski definition) is 1. The van der Waals surface area contributed by atoms with Gasteiger partial charge in [0.15, 0.2) is 11.5 Å². The van der Waals surface area contributed by atoms with E-state index in [-0.39, 0.29) is 31.3 Å². The van der Waals surface area contributed by atoms with Crippen LogP contribution in [0.1, 0.15) is 63.1 Å². The fraction of sp³-hybridized carbons (Fsp3) is 0.654. The Kier molecular flexibility index (Phi) is 5.09. The predicted molar refractivity (Wildman–Crippen MR) is 123 cm³/mol. The molecular weight excluding hydrogens is 419 g/mol. The highest BCUT2D eigenvalue weighted by Crippen LogP contribution is 2.64. The molecule has 5 rings (SSSR count). The van der Waals surface area contributed by atoms with E-state index in [1.165, 1.54) is 4.90 Å². The van der Waals surface area contributed by atoms with Crippen molar-refractivity contribution in [2.45, 2.75) is 64.1 Å². The minimum Gasteiger partial charge on any atom is -0.381 e. The fourth-order valence-corrected chi connectivity index (χ4v) is 7.04. The van der Waals surface area contributed by atoms with E-state index in [2.05, 4.69) is 26.8 Å². The number of amides is 1. The molecule has 5 atom stereocenters. The fourth-order valence-electron chi connectivity index (χ4n) is 7.04.